The maximum absolute atomic E-state index is 12.6. The first kappa shape index (κ1) is 42.5. The van der Waals surface area contributed by atoms with Gasteiger partial charge in [-0.3, -0.25) is 4.72 Å². The van der Waals surface area contributed by atoms with Crippen LogP contribution in [0, 0.1) is 18.8 Å². The zero-order chi connectivity index (χ0) is 40.3. The number of ether oxygens (including phenoxy) is 1. The van der Waals surface area contributed by atoms with Crippen molar-refractivity contribution in [3.8, 4) is 11.5 Å². The number of pyridine rings is 1. The second-order valence-corrected chi connectivity index (χ2v) is 19.3. The molecule has 1 amide bonds. The van der Waals surface area contributed by atoms with Crippen molar-refractivity contribution < 1.29 is 26.4 Å². The lowest BCUT2D eigenvalue weighted by Crippen LogP contribution is -2.44. The van der Waals surface area contributed by atoms with Crippen LogP contribution in [0.3, 0.4) is 0 Å². The molecule has 5 heterocycles. The maximum Gasteiger partial charge on any atom is 0.410 e. The summed E-state index contributed by atoms with van der Waals surface area (Å²) in [7, 11) is -1.70. The number of carbonyl (C=O) groups excluding carboxylic acids is 1. The molecular weight excluding hydrogens is 780 g/mol. The highest BCUT2D eigenvalue weighted by Gasteiger charge is 2.29. The van der Waals surface area contributed by atoms with E-state index < -0.39 is 24.7 Å². The number of amides is 1. The summed E-state index contributed by atoms with van der Waals surface area (Å²) < 4.78 is 55.1. The Morgan fingerprint density at radius 2 is 1.57 bits per heavy atom. The van der Waals surface area contributed by atoms with Crippen molar-refractivity contribution in [3.63, 3.8) is 0 Å². The van der Waals surface area contributed by atoms with Crippen LogP contribution in [0.4, 0.5) is 33.8 Å². The third-order valence-corrected chi connectivity index (χ3v) is 11.3. The summed E-state index contributed by atoms with van der Waals surface area (Å²) >= 11 is 0. The number of aryl methyl sites for hydroxylation is 1. The third kappa shape index (κ3) is 14.5. The molecule has 0 radical (unpaired) electrons. The van der Waals surface area contributed by atoms with Gasteiger partial charge >= 0.3 is 6.09 Å². The second kappa shape index (κ2) is 19.0. The Balaban J connectivity index is 0.000000281. The van der Waals surface area contributed by atoms with E-state index in [0.717, 1.165) is 50.2 Å². The van der Waals surface area contributed by atoms with Gasteiger partial charge in [-0.05, 0) is 127 Å². The minimum absolute atomic E-state index is 0.0894. The van der Waals surface area contributed by atoms with Crippen molar-refractivity contribution in [2.45, 2.75) is 59.0 Å². The van der Waals surface area contributed by atoms with E-state index in [2.05, 4.69) is 45.6 Å². The van der Waals surface area contributed by atoms with Crippen LogP contribution < -0.4 is 20.7 Å². The number of benzene rings is 1. The molecule has 6 rings (SSSR count). The van der Waals surface area contributed by atoms with Crippen LogP contribution in [0.2, 0.25) is 0 Å². The number of piperidine rings is 2. The van der Waals surface area contributed by atoms with E-state index in [1.807, 2.05) is 25.1 Å². The predicted octanol–water partition coefficient (Wildman–Crippen LogP) is 6.07. The van der Waals surface area contributed by atoms with Crippen molar-refractivity contribution in [2.24, 2.45) is 11.8 Å². The van der Waals surface area contributed by atoms with Crippen molar-refractivity contribution in [2.75, 3.05) is 53.0 Å². The molecule has 3 aromatic heterocycles. The van der Waals surface area contributed by atoms with Gasteiger partial charge < -0.3 is 25.6 Å². The molecule has 56 heavy (non-hydrogen) atoms. The van der Waals surface area contributed by atoms with E-state index in [0.29, 0.717) is 47.9 Å². The third-order valence-electron chi connectivity index (χ3n) is 8.56. The molecule has 19 heteroatoms. The minimum Gasteiger partial charge on any atom is -0.444 e. The largest absolute Gasteiger partial charge is 0.444 e. The topological polar surface area (TPSA) is 210 Å². The molecule has 302 valence electrons. The maximum atomic E-state index is 12.6. The Hall–Kier alpha value is -4.65. The number of halogens is 1. The van der Waals surface area contributed by atoms with Gasteiger partial charge in [-0.1, -0.05) is 6.07 Å². The minimum atomic E-state index is -3.51. The molecule has 2 atom stereocenters. The van der Waals surface area contributed by atoms with Crippen LogP contribution in [-0.2, 0) is 23.8 Å². The molecule has 4 N–H and O–H groups in total. The molecule has 0 saturated carbocycles. The van der Waals surface area contributed by atoms with Crippen molar-refractivity contribution >= 4 is 64.8 Å². The molecule has 16 nitrogen and oxygen atoms in total. The zero-order valence-electron chi connectivity index (χ0n) is 31.9. The van der Waals surface area contributed by atoms with Gasteiger partial charge in [0.25, 0.3) is 0 Å². The molecule has 2 fully saturated rings. The molecule has 0 aliphatic carbocycles. The lowest BCUT2D eigenvalue weighted by molar-refractivity contribution is 0.0176. The lowest BCUT2D eigenvalue weighted by Gasteiger charge is -2.33. The highest BCUT2D eigenvalue weighted by Crippen LogP contribution is 2.23. The molecule has 2 aliphatic rings. The van der Waals surface area contributed by atoms with Crippen LogP contribution in [0.25, 0.3) is 11.5 Å². The highest BCUT2D eigenvalue weighted by atomic mass is 35.7. The van der Waals surface area contributed by atoms with E-state index >= 15 is 0 Å². The van der Waals surface area contributed by atoms with Crippen molar-refractivity contribution in [1.29, 1.82) is 0 Å². The van der Waals surface area contributed by atoms with E-state index in [1.165, 1.54) is 0 Å². The SMILES string of the molecule is CC(C)(C)OC(=O)N1CCCC(CS(=O)(=O)Cl)C1.Cc1cccc(-c2nccc(Nc3ccnc(Nc4ccc(NS(=O)(=O)CC5CCCNC5)cc4)n3)n2)n1. The summed E-state index contributed by atoms with van der Waals surface area (Å²) in [5.41, 5.74) is 2.27. The quantitative estimate of drug-likeness (QED) is 0.127. The van der Waals surface area contributed by atoms with Crippen LogP contribution >= 0.6 is 10.7 Å². The molecule has 0 bridgehead atoms. The predicted molar refractivity (Wildman–Crippen MR) is 218 cm³/mol. The summed E-state index contributed by atoms with van der Waals surface area (Å²) in [6.45, 7) is 10.0. The van der Waals surface area contributed by atoms with E-state index in [1.54, 1.807) is 74.5 Å². The number of anilines is 5. The smallest absolute Gasteiger partial charge is 0.410 e. The normalized spacial score (nSPS) is 17.6. The van der Waals surface area contributed by atoms with Crippen LogP contribution in [0.15, 0.2) is 67.0 Å². The molecular formula is C37H49ClN10O6S2. The second-order valence-electron chi connectivity index (χ2n) is 14.8. The number of sulfonamides is 1. The standard InChI is InChI=1S/C26H29N9O2S.C11H20ClNO4S/c1-18-4-2-6-22(30-18)25-28-14-11-23(33-25)32-24-12-15-29-26(34-24)31-20-7-9-21(10-8-20)35-38(36,37)17-19-5-3-13-27-16-19;1-11(2,3)17-10(14)13-6-4-5-9(7-13)8-18(12,15)16/h2,4,6-12,14-15,19,27,35H,3,5,13,16-17H2,1H3,(H2,28,29,31,32,33,34);9H,4-8H2,1-3H3. The summed E-state index contributed by atoms with van der Waals surface area (Å²) in [5.74, 6) is 2.06. The fourth-order valence-corrected chi connectivity index (χ4v) is 9.02. The molecule has 4 aromatic rings. The number of hydrogen-bond acceptors (Lipinski definition) is 14. The first-order valence-corrected chi connectivity index (χ1v) is 22.5. The molecule has 1 aromatic carbocycles. The summed E-state index contributed by atoms with van der Waals surface area (Å²) in [5, 5.41) is 9.57. The number of rotatable bonds is 11. The summed E-state index contributed by atoms with van der Waals surface area (Å²) in [6, 6.07) is 16.2. The van der Waals surface area contributed by atoms with Crippen molar-refractivity contribution in [1.82, 2.24) is 35.1 Å². The first-order chi connectivity index (χ1) is 26.5. The Bertz CT molecular complexity index is 2150. The highest BCUT2D eigenvalue weighted by molar-refractivity contribution is 8.13. The Morgan fingerprint density at radius 3 is 2.25 bits per heavy atom. The molecule has 2 unspecified atom stereocenters. The van der Waals surface area contributed by atoms with Gasteiger partial charge in [0.05, 0.1) is 11.5 Å². The summed E-state index contributed by atoms with van der Waals surface area (Å²) in [4.78, 5) is 35.5. The number of aromatic nitrogens is 5. The van der Waals surface area contributed by atoms with E-state index in [9.17, 15) is 21.6 Å². The average molecular weight is 829 g/mol. The summed E-state index contributed by atoms with van der Waals surface area (Å²) in [6.07, 6.45) is 6.37. The number of hydrogen-bond donors (Lipinski definition) is 4. The average Bonchev–Trinajstić information content (AvgIpc) is 3.12. The van der Waals surface area contributed by atoms with Crippen LogP contribution in [0.1, 0.15) is 52.1 Å². The van der Waals surface area contributed by atoms with Crippen molar-refractivity contribution in [3.05, 3.63) is 72.7 Å². The Morgan fingerprint density at radius 1 is 0.875 bits per heavy atom. The fourth-order valence-electron chi connectivity index (χ4n) is 6.16. The van der Waals surface area contributed by atoms with Crippen LogP contribution in [-0.4, -0.2) is 96.0 Å². The van der Waals surface area contributed by atoms with Gasteiger partial charge in [0, 0.05) is 53.2 Å². The molecule has 2 aliphatic heterocycles. The Labute approximate surface area is 333 Å². The van der Waals surface area contributed by atoms with Gasteiger partial charge in [-0.15, -0.1) is 0 Å². The molecule has 2 saturated heterocycles. The Kier molecular flexibility index (Phi) is 14.4. The zero-order valence-corrected chi connectivity index (χ0v) is 34.3. The lowest BCUT2D eigenvalue weighted by atomic mass is 10.0. The number of nitrogens with zero attached hydrogens (tertiary/aromatic N) is 6. The van der Waals surface area contributed by atoms with Gasteiger partial charge in [0.15, 0.2) is 5.82 Å². The van der Waals surface area contributed by atoms with Gasteiger partial charge in [-0.25, -0.2) is 41.6 Å². The first-order valence-electron chi connectivity index (χ1n) is 18.3. The van der Waals surface area contributed by atoms with Gasteiger partial charge in [0.2, 0.25) is 25.0 Å². The van der Waals surface area contributed by atoms with Gasteiger partial charge in [0.1, 0.15) is 22.9 Å². The number of carbonyl (C=O) groups is 1. The number of likely N-dealkylation sites (tertiary alicyclic amines) is 1. The van der Waals surface area contributed by atoms with E-state index in [-0.39, 0.29) is 29.4 Å². The van der Waals surface area contributed by atoms with Gasteiger partial charge in [-0.2, -0.15) is 4.98 Å². The fraction of sp³-hybridized carbons (Fsp3) is 0.459. The molecule has 0 spiro atoms. The van der Waals surface area contributed by atoms with E-state index in [4.69, 9.17) is 15.4 Å². The monoisotopic (exact) mass is 828 g/mol. The van der Waals surface area contributed by atoms with Crippen LogP contribution in [0.5, 0.6) is 0 Å². The number of nitrogens with one attached hydrogen (secondary N) is 4.